The second-order valence-electron chi connectivity index (χ2n) is 11.4. The number of halogens is 1. The Morgan fingerprint density at radius 1 is 0.925 bits per heavy atom. The summed E-state index contributed by atoms with van der Waals surface area (Å²) in [6, 6.07) is 22.5. The van der Waals surface area contributed by atoms with Crippen LogP contribution < -0.4 is 11.1 Å². The van der Waals surface area contributed by atoms with E-state index < -0.39 is 11.5 Å². The summed E-state index contributed by atoms with van der Waals surface area (Å²) in [6.07, 6.45) is 8.81. The fourth-order valence-electron chi connectivity index (χ4n) is 6.26. The van der Waals surface area contributed by atoms with Crippen molar-refractivity contribution < 1.29 is 9.59 Å². The number of benzene rings is 2. The molecule has 1 aliphatic carbocycles. The molecule has 1 atom stereocenters. The lowest BCUT2D eigenvalue weighted by Crippen LogP contribution is -2.54. The van der Waals surface area contributed by atoms with Gasteiger partial charge in [-0.25, -0.2) is 0 Å². The molecule has 5 rings (SSSR count). The zero-order valence-corrected chi connectivity index (χ0v) is 24.9. The first-order valence-electron chi connectivity index (χ1n) is 14.5. The van der Waals surface area contributed by atoms with Crippen molar-refractivity contribution in [3.8, 4) is 11.1 Å². The lowest BCUT2D eigenvalue weighted by atomic mass is 9.72. The lowest BCUT2D eigenvalue weighted by Gasteiger charge is -2.42. The topological polar surface area (TPSA) is 75.4 Å². The molecular weight excluding hydrogens is 538 g/mol. The minimum Gasteiger partial charge on any atom is -0.355 e. The number of hydrogen-bond acceptors (Lipinski definition) is 4. The second-order valence-corrected chi connectivity index (χ2v) is 12.5. The van der Waals surface area contributed by atoms with Crippen molar-refractivity contribution in [2.75, 3.05) is 19.6 Å². The van der Waals surface area contributed by atoms with Gasteiger partial charge in [-0.05, 0) is 66.2 Å². The first-order chi connectivity index (χ1) is 19.0. The Hall–Kier alpha value is -2.67. The van der Waals surface area contributed by atoms with Crippen molar-refractivity contribution >= 4 is 35.6 Å². The molecule has 2 amide bonds. The number of thiophene rings is 1. The van der Waals surface area contributed by atoms with Crippen LogP contribution in [-0.4, -0.2) is 42.4 Å². The number of carbonyl (C=O) groups excluding carboxylic acids is 2. The predicted molar refractivity (Wildman–Crippen MR) is 167 cm³/mol. The maximum atomic E-state index is 13.8. The van der Waals surface area contributed by atoms with E-state index in [-0.39, 0.29) is 24.2 Å². The fourth-order valence-corrected chi connectivity index (χ4v) is 7.02. The largest absolute Gasteiger partial charge is 0.355 e. The minimum absolute atomic E-state index is 0. The molecule has 5 nitrogen and oxygen atoms in total. The van der Waals surface area contributed by atoms with Crippen molar-refractivity contribution in [1.29, 1.82) is 0 Å². The first-order valence-corrected chi connectivity index (χ1v) is 15.4. The Balaban J connectivity index is 0.00000370. The molecule has 7 heteroatoms. The summed E-state index contributed by atoms with van der Waals surface area (Å²) in [5.74, 6) is 0.726. The number of rotatable bonds is 9. The van der Waals surface area contributed by atoms with Crippen LogP contribution in [-0.2, 0) is 22.4 Å². The van der Waals surface area contributed by atoms with Gasteiger partial charge in [-0.3, -0.25) is 9.59 Å². The smallest absolute Gasteiger partial charge is 0.239 e. The molecule has 1 saturated carbocycles. The van der Waals surface area contributed by atoms with E-state index in [1.807, 2.05) is 28.5 Å². The molecule has 1 aliphatic heterocycles. The van der Waals surface area contributed by atoms with Crippen molar-refractivity contribution in [2.24, 2.45) is 17.1 Å². The highest BCUT2D eigenvalue weighted by Crippen LogP contribution is 2.37. The van der Waals surface area contributed by atoms with E-state index in [1.165, 1.54) is 43.2 Å². The van der Waals surface area contributed by atoms with Gasteiger partial charge in [0.25, 0.3) is 0 Å². The van der Waals surface area contributed by atoms with Gasteiger partial charge in [0.2, 0.25) is 11.8 Å². The van der Waals surface area contributed by atoms with Gasteiger partial charge in [0.1, 0.15) is 0 Å². The van der Waals surface area contributed by atoms with E-state index in [0.29, 0.717) is 44.7 Å². The van der Waals surface area contributed by atoms with Crippen LogP contribution in [0.5, 0.6) is 0 Å². The second kappa shape index (κ2) is 14.3. The molecule has 1 saturated heterocycles. The number of hydrogen-bond donors (Lipinski definition) is 2. The van der Waals surface area contributed by atoms with Gasteiger partial charge in [-0.15, -0.1) is 23.7 Å². The van der Waals surface area contributed by atoms with E-state index in [0.717, 1.165) is 17.0 Å². The predicted octanol–water partition coefficient (Wildman–Crippen LogP) is 6.25. The summed E-state index contributed by atoms with van der Waals surface area (Å²) < 4.78 is 0. The number of nitrogens with two attached hydrogens (primary N) is 1. The maximum Gasteiger partial charge on any atom is 0.239 e. The Kier molecular flexibility index (Phi) is 10.8. The van der Waals surface area contributed by atoms with E-state index in [1.54, 1.807) is 11.3 Å². The number of carbonyl (C=O) groups is 2. The van der Waals surface area contributed by atoms with Gasteiger partial charge in [-0.2, -0.15) is 0 Å². The Morgan fingerprint density at radius 2 is 1.60 bits per heavy atom. The summed E-state index contributed by atoms with van der Waals surface area (Å²) in [4.78, 5) is 30.0. The fraction of sp³-hybridized carbons (Fsp3) is 0.455. The van der Waals surface area contributed by atoms with Crippen molar-refractivity contribution in [3.05, 3.63) is 82.6 Å². The summed E-state index contributed by atoms with van der Waals surface area (Å²) in [6.45, 7) is 1.90. The number of nitrogens with zero attached hydrogens (tertiary/aromatic N) is 1. The number of piperidine rings is 1. The number of likely N-dealkylation sites (tertiary alicyclic amines) is 1. The SMILES string of the molecule is Cl.N[C@@H](Cc1cccs1)C(=O)N1CCC(Cc2ccc(-c3ccccc3)cc2)(C(=O)NCC2CCCCC2)CC1. The maximum absolute atomic E-state index is 13.8. The third-order valence-corrected chi connectivity index (χ3v) is 9.61. The standard InChI is InChI=1S/C33H41N3O2S.ClH/c34-30(22-29-12-7-21-39-29)31(37)36-19-17-33(18-20-36,32(38)35-24-26-8-3-1-4-9-26)23-25-13-15-28(16-14-25)27-10-5-2-6-11-27;/h2,5-7,10-16,21,26,30H,1,3-4,8-9,17-20,22-24,34H2,(H,35,38);1H/t30-;/m0./s1. The number of amides is 2. The van der Waals surface area contributed by atoms with Gasteiger partial charge in [0.05, 0.1) is 11.5 Å². The average molecular weight is 580 g/mol. The van der Waals surface area contributed by atoms with Gasteiger partial charge in [-0.1, -0.05) is 79.9 Å². The summed E-state index contributed by atoms with van der Waals surface area (Å²) in [7, 11) is 0. The van der Waals surface area contributed by atoms with Crippen LogP contribution in [0.25, 0.3) is 11.1 Å². The molecule has 0 spiro atoms. The first kappa shape index (κ1) is 30.3. The molecule has 3 N–H and O–H groups in total. The van der Waals surface area contributed by atoms with Crippen molar-refractivity contribution in [3.63, 3.8) is 0 Å². The third kappa shape index (κ3) is 7.54. The average Bonchev–Trinajstić information content (AvgIpc) is 3.50. The van der Waals surface area contributed by atoms with Crippen molar-refractivity contribution in [1.82, 2.24) is 10.2 Å². The van der Waals surface area contributed by atoms with Crippen LogP contribution in [0.4, 0.5) is 0 Å². The molecule has 2 heterocycles. The summed E-state index contributed by atoms with van der Waals surface area (Å²) in [5, 5.41) is 5.37. The highest BCUT2D eigenvalue weighted by atomic mass is 35.5. The number of nitrogens with one attached hydrogen (secondary N) is 1. The van der Waals surface area contributed by atoms with Crippen LogP contribution in [0.1, 0.15) is 55.4 Å². The Morgan fingerprint density at radius 3 is 2.25 bits per heavy atom. The zero-order valence-electron chi connectivity index (χ0n) is 23.2. The molecule has 2 aromatic carbocycles. The zero-order chi connectivity index (χ0) is 27.1. The van der Waals surface area contributed by atoms with E-state index in [4.69, 9.17) is 5.73 Å². The molecule has 0 unspecified atom stereocenters. The molecule has 2 fully saturated rings. The van der Waals surface area contributed by atoms with E-state index >= 15 is 0 Å². The molecule has 214 valence electrons. The molecule has 1 aromatic heterocycles. The molecule has 2 aliphatic rings. The van der Waals surface area contributed by atoms with Crippen LogP contribution in [0.15, 0.2) is 72.1 Å². The molecule has 3 aromatic rings. The lowest BCUT2D eigenvalue weighted by molar-refractivity contribution is -0.141. The van der Waals surface area contributed by atoms with E-state index in [2.05, 4.69) is 53.8 Å². The van der Waals surface area contributed by atoms with Gasteiger partial charge in [0.15, 0.2) is 0 Å². The quantitative estimate of drug-likeness (QED) is 0.314. The summed E-state index contributed by atoms with van der Waals surface area (Å²) in [5.41, 5.74) is 9.33. The molecular formula is C33H42ClN3O2S. The highest BCUT2D eigenvalue weighted by Gasteiger charge is 2.43. The summed E-state index contributed by atoms with van der Waals surface area (Å²) >= 11 is 1.63. The molecule has 40 heavy (non-hydrogen) atoms. The Bertz CT molecular complexity index is 1200. The van der Waals surface area contributed by atoms with Gasteiger partial charge in [0, 0.05) is 30.9 Å². The normalized spacial score (nSPS) is 18.0. The van der Waals surface area contributed by atoms with Crippen LogP contribution in [0, 0.1) is 11.3 Å². The van der Waals surface area contributed by atoms with Gasteiger partial charge >= 0.3 is 0 Å². The van der Waals surface area contributed by atoms with Crippen LogP contribution in [0.2, 0.25) is 0 Å². The highest BCUT2D eigenvalue weighted by molar-refractivity contribution is 7.09. The Labute approximate surface area is 249 Å². The van der Waals surface area contributed by atoms with E-state index in [9.17, 15) is 9.59 Å². The minimum atomic E-state index is -0.540. The van der Waals surface area contributed by atoms with Gasteiger partial charge < -0.3 is 16.0 Å². The molecule has 0 radical (unpaired) electrons. The van der Waals surface area contributed by atoms with Crippen LogP contribution >= 0.6 is 23.7 Å². The third-order valence-electron chi connectivity index (χ3n) is 8.71. The van der Waals surface area contributed by atoms with Crippen molar-refractivity contribution in [2.45, 2.75) is 63.8 Å². The monoisotopic (exact) mass is 579 g/mol. The molecule has 0 bridgehead atoms. The van der Waals surface area contributed by atoms with Crippen LogP contribution in [0.3, 0.4) is 0 Å².